The summed E-state index contributed by atoms with van der Waals surface area (Å²) in [6.07, 6.45) is 2.42. The van der Waals surface area contributed by atoms with Crippen LogP contribution in [0.4, 0.5) is 0 Å². The quantitative estimate of drug-likeness (QED) is 0.573. The summed E-state index contributed by atoms with van der Waals surface area (Å²) in [4.78, 5) is 7.95. The Morgan fingerprint density at radius 1 is 1.29 bits per heavy atom. The van der Waals surface area contributed by atoms with E-state index < -0.39 is 0 Å². The number of aliphatic imine (C=N–C) groups is 1. The van der Waals surface area contributed by atoms with Gasteiger partial charge in [-0.3, -0.25) is 4.99 Å². The lowest BCUT2D eigenvalue weighted by molar-refractivity contribution is 0.200. The Labute approximate surface area is 133 Å². The molecule has 0 aliphatic carbocycles. The molecule has 1 aromatic rings. The maximum Gasteiger partial charge on any atom is 0.191 e. The molecule has 1 rings (SSSR count). The average Bonchev–Trinajstić information content (AvgIpc) is 2.99. The number of rotatable bonds is 8. The zero-order valence-corrected chi connectivity index (χ0v) is 14.8. The van der Waals surface area contributed by atoms with E-state index >= 15 is 0 Å². The number of hydrogen-bond acceptors (Lipinski definition) is 3. The molecule has 21 heavy (non-hydrogen) atoms. The Kier molecular flexibility index (Phi) is 8.38. The minimum atomic E-state index is 0.528. The van der Waals surface area contributed by atoms with Gasteiger partial charge in [0.05, 0.1) is 6.54 Å². The number of likely N-dealkylation sites (N-methyl/N-ethyl adjacent to an activating group) is 1. The zero-order valence-electron chi connectivity index (χ0n) is 14.0. The lowest BCUT2D eigenvalue weighted by atomic mass is 9.93. The van der Waals surface area contributed by atoms with Crippen molar-refractivity contribution in [3.05, 3.63) is 22.4 Å². The van der Waals surface area contributed by atoms with E-state index in [0.717, 1.165) is 19.0 Å². The Morgan fingerprint density at radius 3 is 2.48 bits per heavy atom. The first-order valence-corrected chi connectivity index (χ1v) is 8.63. The fourth-order valence-electron chi connectivity index (χ4n) is 2.61. The van der Waals surface area contributed by atoms with Gasteiger partial charge in [-0.1, -0.05) is 32.8 Å². The van der Waals surface area contributed by atoms with E-state index in [-0.39, 0.29) is 0 Å². The SMILES string of the molecule is CCC(CC)C(CNC(=NC)NCc1cccs1)N(C)C. The number of guanidine groups is 1. The highest BCUT2D eigenvalue weighted by atomic mass is 32.1. The minimum absolute atomic E-state index is 0.528. The highest BCUT2D eigenvalue weighted by molar-refractivity contribution is 7.09. The average molecular weight is 311 g/mol. The maximum absolute atomic E-state index is 4.31. The molecule has 0 amide bonds. The third-order valence-electron chi connectivity index (χ3n) is 3.97. The molecule has 0 bridgehead atoms. The predicted octanol–water partition coefficient (Wildman–Crippen LogP) is 2.78. The van der Waals surface area contributed by atoms with Crippen molar-refractivity contribution in [3.63, 3.8) is 0 Å². The highest BCUT2D eigenvalue weighted by Gasteiger charge is 2.20. The summed E-state index contributed by atoms with van der Waals surface area (Å²) in [5, 5.41) is 8.94. The number of nitrogens with one attached hydrogen (secondary N) is 2. The van der Waals surface area contributed by atoms with Crippen LogP contribution < -0.4 is 10.6 Å². The molecule has 0 fully saturated rings. The molecule has 0 saturated heterocycles. The van der Waals surface area contributed by atoms with Crippen LogP contribution >= 0.6 is 11.3 Å². The van der Waals surface area contributed by atoms with Gasteiger partial charge in [0.2, 0.25) is 0 Å². The van der Waals surface area contributed by atoms with Crippen molar-refractivity contribution < 1.29 is 0 Å². The van der Waals surface area contributed by atoms with E-state index in [4.69, 9.17) is 0 Å². The van der Waals surface area contributed by atoms with Gasteiger partial charge in [-0.15, -0.1) is 11.3 Å². The third-order valence-corrected chi connectivity index (χ3v) is 4.85. The Hall–Kier alpha value is -1.07. The van der Waals surface area contributed by atoms with Crippen LogP contribution in [0.3, 0.4) is 0 Å². The van der Waals surface area contributed by atoms with Crippen LogP contribution in [0.5, 0.6) is 0 Å². The first kappa shape index (κ1) is 18.0. The minimum Gasteiger partial charge on any atom is -0.355 e. The fourth-order valence-corrected chi connectivity index (χ4v) is 3.25. The molecule has 0 radical (unpaired) electrons. The number of nitrogens with zero attached hydrogens (tertiary/aromatic N) is 2. The summed E-state index contributed by atoms with van der Waals surface area (Å²) in [5.74, 6) is 1.59. The summed E-state index contributed by atoms with van der Waals surface area (Å²) < 4.78 is 0. The summed E-state index contributed by atoms with van der Waals surface area (Å²) in [7, 11) is 6.14. The van der Waals surface area contributed by atoms with E-state index in [1.54, 1.807) is 11.3 Å². The summed E-state index contributed by atoms with van der Waals surface area (Å²) in [6, 6.07) is 4.74. The van der Waals surface area contributed by atoms with E-state index in [1.807, 2.05) is 7.05 Å². The number of thiophene rings is 1. The Morgan fingerprint density at radius 2 is 2.00 bits per heavy atom. The molecule has 0 saturated carbocycles. The standard InChI is InChI=1S/C16H30N4S/c1-6-13(7-2)15(20(4)5)12-19-16(17-3)18-11-14-9-8-10-21-14/h8-10,13,15H,6-7,11-12H2,1-5H3,(H2,17,18,19). The van der Waals surface area contributed by atoms with Crippen molar-refractivity contribution in [2.24, 2.45) is 10.9 Å². The summed E-state index contributed by atoms with van der Waals surface area (Å²) >= 11 is 1.76. The van der Waals surface area contributed by atoms with Crippen molar-refractivity contribution in [1.82, 2.24) is 15.5 Å². The molecule has 5 heteroatoms. The number of hydrogen-bond donors (Lipinski definition) is 2. The first-order chi connectivity index (χ1) is 10.1. The molecular weight excluding hydrogens is 280 g/mol. The van der Waals surface area contributed by atoms with Gasteiger partial charge in [-0.25, -0.2) is 0 Å². The van der Waals surface area contributed by atoms with E-state index in [9.17, 15) is 0 Å². The van der Waals surface area contributed by atoms with Crippen molar-refractivity contribution >= 4 is 17.3 Å². The molecule has 1 unspecified atom stereocenters. The highest BCUT2D eigenvalue weighted by Crippen LogP contribution is 2.16. The normalized spacial score (nSPS) is 13.8. The smallest absolute Gasteiger partial charge is 0.191 e. The van der Waals surface area contributed by atoms with E-state index in [2.05, 4.69) is 66.0 Å². The summed E-state index contributed by atoms with van der Waals surface area (Å²) in [6.45, 7) is 6.29. The van der Waals surface area contributed by atoms with Gasteiger partial charge in [-0.05, 0) is 31.5 Å². The zero-order chi connectivity index (χ0) is 15.7. The van der Waals surface area contributed by atoms with Gasteiger partial charge >= 0.3 is 0 Å². The lowest BCUT2D eigenvalue weighted by Gasteiger charge is -2.32. The van der Waals surface area contributed by atoms with E-state index in [0.29, 0.717) is 12.0 Å². The molecule has 4 nitrogen and oxygen atoms in total. The van der Waals surface area contributed by atoms with Crippen LogP contribution in [-0.2, 0) is 6.54 Å². The largest absolute Gasteiger partial charge is 0.355 e. The second kappa shape index (κ2) is 9.79. The molecule has 0 aliphatic heterocycles. The van der Waals surface area contributed by atoms with Gasteiger partial charge in [0.25, 0.3) is 0 Å². The molecule has 0 aromatic carbocycles. The summed E-state index contributed by atoms with van der Waals surface area (Å²) in [5.41, 5.74) is 0. The molecule has 2 N–H and O–H groups in total. The second-order valence-electron chi connectivity index (χ2n) is 5.49. The van der Waals surface area contributed by atoms with Gasteiger partial charge in [0.15, 0.2) is 5.96 Å². The predicted molar refractivity (Wildman–Crippen MR) is 94.1 cm³/mol. The van der Waals surface area contributed by atoms with Crippen LogP contribution in [-0.4, -0.2) is 44.6 Å². The Balaban J connectivity index is 2.48. The molecule has 1 aromatic heterocycles. The van der Waals surface area contributed by atoms with Crippen LogP contribution in [0.1, 0.15) is 31.6 Å². The van der Waals surface area contributed by atoms with Crippen LogP contribution in [0.25, 0.3) is 0 Å². The molecule has 0 spiro atoms. The lowest BCUT2D eigenvalue weighted by Crippen LogP contribution is -2.47. The van der Waals surface area contributed by atoms with Crippen LogP contribution in [0, 0.1) is 5.92 Å². The molecule has 1 atom stereocenters. The van der Waals surface area contributed by atoms with Gasteiger partial charge in [-0.2, -0.15) is 0 Å². The fraction of sp³-hybridized carbons (Fsp3) is 0.688. The van der Waals surface area contributed by atoms with Crippen molar-refractivity contribution in [1.29, 1.82) is 0 Å². The van der Waals surface area contributed by atoms with Gasteiger partial charge in [0, 0.05) is 24.5 Å². The molecular formula is C16H30N4S. The van der Waals surface area contributed by atoms with Gasteiger partial charge in [0.1, 0.15) is 0 Å². The Bertz CT molecular complexity index is 396. The van der Waals surface area contributed by atoms with Crippen molar-refractivity contribution in [3.8, 4) is 0 Å². The monoisotopic (exact) mass is 310 g/mol. The van der Waals surface area contributed by atoms with Crippen molar-refractivity contribution in [2.45, 2.75) is 39.3 Å². The second-order valence-corrected chi connectivity index (χ2v) is 6.53. The van der Waals surface area contributed by atoms with Gasteiger partial charge < -0.3 is 15.5 Å². The van der Waals surface area contributed by atoms with Crippen LogP contribution in [0.2, 0.25) is 0 Å². The first-order valence-electron chi connectivity index (χ1n) is 7.75. The molecule has 1 heterocycles. The third kappa shape index (κ3) is 6.06. The van der Waals surface area contributed by atoms with E-state index in [1.165, 1.54) is 17.7 Å². The van der Waals surface area contributed by atoms with Crippen molar-refractivity contribution in [2.75, 3.05) is 27.7 Å². The molecule has 120 valence electrons. The topological polar surface area (TPSA) is 39.7 Å². The van der Waals surface area contributed by atoms with Crippen LogP contribution in [0.15, 0.2) is 22.5 Å². The maximum atomic E-state index is 4.31. The molecule has 0 aliphatic rings.